The van der Waals surface area contributed by atoms with Crippen molar-refractivity contribution in [2.45, 2.75) is 0 Å². The molecular formula is C38H27N. The molecule has 1 heteroatoms. The van der Waals surface area contributed by atoms with Crippen LogP contribution in [0.2, 0.25) is 0 Å². The highest BCUT2D eigenvalue weighted by Gasteiger charge is 2.16. The van der Waals surface area contributed by atoms with Crippen LogP contribution >= 0.6 is 0 Å². The highest BCUT2D eigenvalue weighted by molar-refractivity contribution is 6.05. The molecule has 0 aliphatic carbocycles. The lowest BCUT2D eigenvalue weighted by atomic mass is 9.94. The minimum absolute atomic E-state index is 1.14. The van der Waals surface area contributed by atoms with Crippen LogP contribution in [-0.4, -0.2) is 4.98 Å². The van der Waals surface area contributed by atoms with Crippen LogP contribution in [0.4, 0.5) is 0 Å². The molecule has 0 fully saturated rings. The third-order valence-electron chi connectivity index (χ3n) is 7.47. The summed E-state index contributed by atoms with van der Waals surface area (Å²) in [6, 6.07) is 56.3. The lowest BCUT2D eigenvalue weighted by Gasteiger charge is -2.09. The van der Waals surface area contributed by atoms with Crippen LogP contribution in [0.3, 0.4) is 0 Å². The normalized spacial score (nSPS) is 11.1. The number of aromatic amines is 1. The number of aromatic nitrogens is 1. The predicted octanol–water partition coefficient (Wildman–Crippen LogP) is 10.5. The summed E-state index contributed by atoms with van der Waals surface area (Å²) in [6.07, 6.45) is 0. The SMILES string of the molecule is c1ccc(-c2ccc(-c3ccc4[nH]c(-c5ccccc5)c(-c5ccc(-c6ccccc6)cc5)c4c3)cc2)cc1. The predicted molar refractivity (Wildman–Crippen MR) is 165 cm³/mol. The molecule has 0 saturated heterocycles. The largest absolute Gasteiger partial charge is 0.354 e. The van der Waals surface area contributed by atoms with Gasteiger partial charge in [-0.05, 0) is 56.6 Å². The Hall–Kier alpha value is -5.14. The van der Waals surface area contributed by atoms with Gasteiger partial charge in [0.05, 0.1) is 5.69 Å². The van der Waals surface area contributed by atoms with Crippen molar-refractivity contribution in [1.82, 2.24) is 4.98 Å². The maximum absolute atomic E-state index is 3.73. The van der Waals surface area contributed by atoms with Gasteiger partial charge in [0.25, 0.3) is 0 Å². The first-order valence-electron chi connectivity index (χ1n) is 13.4. The van der Waals surface area contributed by atoms with E-state index in [2.05, 4.69) is 163 Å². The molecule has 7 rings (SSSR count). The number of nitrogens with one attached hydrogen (secondary N) is 1. The minimum atomic E-state index is 1.14. The molecule has 0 aliphatic rings. The van der Waals surface area contributed by atoms with Gasteiger partial charge in [-0.1, -0.05) is 146 Å². The van der Waals surface area contributed by atoms with E-state index in [4.69, 9.17) is 0 Å². The second-order valence-electron chi connectivity index (χ2n) is 9.89. The van der Waals surface area contributed by atoms with Gasteiger partial charge in [0.1, 0.15) is 0 Å². The molecule has 0 spiro atoms. The van der Waals surface area contributed by atoms with Gasteiger partial charge in [-0.2, -0.15) is 0 Å². The van der Waals surface area contributed by atoms with Crippen LogP contribution in [0.25, 0.3) is 66.7 Å². The molecule has 184 valence electrons. The summed E-state index contributed by atoms with van der Waals surface area (Å²) >= 11 is 0. The Morgan fingerprint density at radius 1 is 0.308 bits per heavy atom. The smallest absolute Gasteiger partial charge is 0.0544 e. The summed E-state index contributed by atoms with van der Waals surface area (Å²) in [7, 11) is 0. The maximum Gasteiger partial charge on any atom is 0.0544 e. The van der Waals surface area contributed by atoms with Gasteiger partial charge in [-0.25, -0.2) is 0 Å². The molecular weight excluding hydrogens is 470 g/mol. The molecule has 7 aromatic rings. The van der Waals surface area contributed by atoms with Crippen molar-refractivity contribution in [2.24, 2.45) is 0 Å². The van der Waals surface area contributed by atoms with E-state index in [1.54, 1.807) is 0 Å². The molecule has 6 aromatic carbocycles. The lowest BCUT2D eigenvalue weighted by molar-refractivity contribution is 1.45. The van der Waals surface area contributed by atoms with E-state index in [-0.39, 0.29) is 0 Å². The number of hydrogen-bond donors (Lipinski definition) is 1. The molecule has 1 aromatic heterocycles. The van der Waals surface area contributed by atoms with Crippen LogP contribution < -0.4 is 0 Å². The second-order valence-corrected chi connectivity index (χ2v) is 9.89. The highest BCUT2D eigenvalue weighted by Crippen LogP contribution is 2.40. The minimum Gasteiger partial charge on any atom is -0.354 e. The van der Waals surface area contributed by atoms with Gasteiger partial charge in [0.2, 0.25) is 0 Å². The van der Waals surface area contributed by atoms with Gasteiger partial charge in [0, 0.05) is 16.5 Å². The fraction of sp³-hybridized carbons (Fsp3) is 0. The Bertz CT molecular complexity index is 1850. The van der Waals surface area contributed by atoms with Crippen LogP contribution in [0.1, 0.15) is 0 Å². The molecule has 0 unspecified atom stereocenters. The molecule has 1 N–H and O–H groups in total. The van der Waals surface area contributed by atoms with Crippen LogP contribution in [0.15, 0.2) is 158 Å². The van der Waals surface area contributed by atoms with Gasteiger partial charge < -0.3 is 4.98 Å². The zero-order valence-corrected chi connectivity index (χ0v) is 21.5. The van der Waals surface area contributed by atoms with Crippen LogP contribution in [0.5, 0.6) is 0 Å². The lowest BCUT2D eigenvalue weighted by Crippen LogP contribution is -1.84. The first-order chi connectivity index (χ1) is 19.3. The van der Waals surface area contributed by atoms with E-state index >= 15 is 0 Å². The monoisotopic (exact) mass is 497 g/mol. The highest BCUT2D eigenvalue weighted by atomic mass is 14.7. The quantitative estimate of drug-likeness (QED) is 0.243. The summed E-state index contributed by atoms with van der Waals surface area (Å²) in [5.74, 6) is 0. The fourth-order valence-electron chi connectivity index (χ4n) is 5.44. The van der Waals surface area contributed by atoms with Crippen molar-refractivity contribution in [3.8, 4) is 55.8 Å². The average molecular weight is 498 g/mol. The first-order valence-corrected chi connectivity index (χ1v) is 13.4. The Balaban J connectivity index is 1.34. The zero-order valence-electron chi connectivity index (χ0n) is 21.5. The number of hydrogen-bond acceptors (Lipinski definition) is 0. The Kier molecular flexibility index (Phi) is 5.88. The summed E-state index contributed by atoms with van der Waals surface area (Å²) in [5, 5.41) is 1.23. The molecule has 0 bridgehead atoms. The maximum atomic E-state index is 3.73. The molecule has 39 heavy (non-hydrogen) atoms. The van der Waals surface area contributed by atoms with E-state index in [9.17, 15) is 0 Å². The van der Waals surface area contributed by atoms with E-state index < -0.39 is 0 Å². The first kappa shape index (κ1) is 23.0. The van der Waals surface area contributed by atoms with Crippen molar-refractivity contribution in [3.63, 3.8) is 0 Å². The average Bonchev–Trinajstić information content (AvgIpc) is 3.41. The van der Waals surface area contributed by atoms with E-state index in [0.717, 1.165) is 11.2 Å². The molecule has 1 nitrogen and oxygen atoms in total. The fourth-order valence-corrected chi connectivity index (χ4v) is 5.44. The number of rotatable bonds is 5. The van der Waals surface area contributed by atoms with Gasteiger partial charge in [0.15, 0.2) is 0 Å². The molecule has 0 amide bonds. The summed E-state index contributed by atoms with van der Waals surface area (Å²) in [4.78, 5) is 3.73. The second kappa shape index (κ2) is 9.96. The third-order valence-corrected chi connectivity index (χ3v) is 7.47. The summed E-state index contributed by atoms with van der Waals surface area (Å²) in [5.41, 5.74) is 13.3. The summed E-state index contributed by atoms with van der Waals surface area (Å²) < 4.78 is 0. The number of fused-ring (bicyclic) bond motifs is 1. The molecule has 0 atom stereocenters. The van der Waals surface area contributed by atoms with E-state index in [1.807, 2.05) is 0 Å². The Morgan fingerprint density at radius 3 is 1.21 bits per heavy atom. The molecule has 0 radical (unpaired) electrons. The zero-order chi connectivity index (χ0) is 26.0. The van der Waals surface area contributed by atoms with Crippen molar-refractivity contribution in [3.05, 3.63) is 158 Å². The molecule has 0 saturated carbocycles. The van der Waals surface area contributed by atoms with Gasteiger partial charge in [-0.15, -0.1) is 0 Å². The van der Waals surface area contributed by atoms with Gasteiger partial charge in [-0.3, -0.25) is 0 Å². The molecule has 0 aliphatic heterocycles. The van der Waals surface area contributed by atoms with Crippen molar-refractivity contribution in [1.29, 1.82) is 0 Å². The molecule has 1 heterocycles. The third kappa shape index (κ3) is 4.45. The Labute approximate surface area is 229 Å². The number of H-pyrrole nitrogens is 1. The van der Waals surface area contributed by atoms with Crippen molar-refractivity contribution in [2.75, 3.05) is 0 Å². The van der Waals surface area contributed by atoms with E-state index in [0.29, 0.717) is 0 Å². The topological polar surface area (TPSA) is 15.8 Å². The number of benzene rings is 6. The Morgan fingerprint density at radius 2 is 0.692 bits per heavy atom. The standard InChI is InChI=1S/C38H27N/c1-4-10-27(11-5-1)29-16-18-31(19-17-29)34-24-25-36-35(26-34)37(38(39-36)33-14-8-3-9-15-33)32-22-20-30(21-23-32)28-12-6-2-7-13-28/h1-26,39H. The summed E-state index contributed by atoms with van der Waals surface area (Å²) in [6.45, 7) is 0. The van der Waals surface area contributed by atoms with Crippen molar-refractivity contribution >= 4 is 10.9 Å². The van der Waals surface area contributed by atoms with Gasteiger partial charge >= 0.3 is 0 Å². The van der Waals surface area contributed by atoms with Crippen molar-refractivity contribution < 1.29 is 0 Å². The van der Waals surface area contributed by atoms with E-state index in [1.165, 1.54) is 55.5 Å². The van der Waals surface area contributed by atoms with Crippen LogP contribution in [-0.2, 0) is 0 Å². The van der Waals surface area contributed by atoms with Crippen LogP contribution in [0, 0.1) is 0 Å².